The lowest BCUT2D eigenvalue weighted by atomic mass is 9.82. The summed E-state index contributed by atoms with van der Waals surface area (Å²) in [5, 5.41) is 14.0. The maximum absolute atomic E-state index is 13.3. The largest absolute Gasteiger partial charge is 0.454 e. The van der Waals surface area contributed by atoms with E-state index in [4.69, 9.17) is 10.5 Å². The Bertz CT molecular complexity index is 923. The van der Waals surface area contributed by atoms with Gasteiger partial charge in [-0.15, -0.1) is 0 Å². The van der Waals surface area contributed by atoms with Crippen molar-refractivity contribution in [2.24, 2.45) is 0 Å². The van der Waals surface area contributed by atoms with Crippen LogP contribution < -0.4 is 15.8 Å². The lowest BCUT2D eigenvalue weighted by Crippen LogP contribution is -2.59. The molecule has 2 aliphatic rings. The molecule has 0 radical (unpaired) electrons. The quantitative estimate of drug-likeness (QED) is 0.687. The van der Waals surface area contributed by atoms with Gasteiger partial charge in [0.05, 0.1) is 5.56 Å². The third-order valence-electron chi connectivity index (χ3n) is 4.70. The summed E-state index contributed by atoms with van der Waals surface area (Å²) in [7, 11) is 0. The van der Waals surface area contributed by atoms with Gasteiger partial charge in [-0.25, -0.2) is 0 Å². The fourth-order valence-corrected chi connectivity index (χ4v) is 3.74. The molecule has 1 heterocycles. The van der Waals surface area contributed by atoms with Crippen molar-refractivity contribution in [1.29, 1.82) is 0 Å². The van der Waals surface area contributed by atoms with Crippen molar-refractivity contribution in [1.82, 2.24) is 5.32 Å². The highest BCUT2D eigenvalue weighted by atomic mass is 16.6. The van der Waals surface area contributed by atoms with Crippen molar-refractivity contribution in [2.75, 3.05) is 5.73 Å². The number of ketones is 1. The Morgan fingerprint density at radius 1 is 1.25 bits per heavy atom. The molecule has 4 N–H and O–H groups in total. The average Bonchev–Trinajstić information content (AvgIpc) is 2.84. The minimum absolute atomic E-state index is 0.181. The predicted octanol–water partition coefficient (Wildman–Crippen LogP) is 1.34. The Hall–Kier alpha value is -2.86. The number of carbonyl (C=O) groups excluding carboxylic acids is 2. The van der Waals surface area contributed by atoms with E-state index < -0.39 is 23.0 Å². The standard InChI is InChI=1S/C18H16N2O4/c1-9-6-7-11-14(8-9)24-18(23)12-4-3-5-13(19)15(12)16(22)17(11,18)20-10(2)21/h3-8,23H,19H2,1-2H3,(H,20,21)/t17?,18-/m1/s1. The van der Waals surface area contributed by atoms with Crippen LogP contribution in [0.25, 0.3) is 0 Å². The van der Waals surface area contributed by atoms with Crippen LogP contribution >= 0.6 is 0 Å². The number of aryl methyl sites for hydroxylation is 1. The second-order valence-corrected chi connectivity index (χ2v) is 6.28. The number of nitrogens with one attached hydrogen (secondary N) is 1. The highest BCUT2D eigenvalue weighted by Gasteiger charge is 2.71. The fraction of sp³-hybridized carbons (Fsp3) is 0.222. The fourth-order valence-electron chi connectivity index (χ4n) is 3.74. The molecule has 0 spiro atoms. The number of ether oxygens (including phenoxy) is 1. The van der Waals surface area contributed by atoms with Gasteiger partial charge >= 0.3 is 0 Å². The number of anilines is 1. The van der Waals surface area contributed by atoms with Crippen LogP contribution in [-0.2, 0) is 16.1 Å². The number of aliphatic hydroxyl groups is 1. The molecule has 1 amide bonds. The third kappa shape index (κ3) is 1.48. The van der Waals surface area contributed by atoms with Crippen LogP contribution in [-0.4, -0.2) is 16.8 Å². The predicted molar refractivity (Wildman–Crippen MR) is 86.4 cm³/mol. The Morgan fingerprint density at radius 2 is 2.00 bits per heavy atom. The maximum atomic E-state index is 13.3. The Morgan fingerprint density at radius 3 is 2.71 bits per heavy atom. The van der Waals surface area contributed by atoms with Crippen molar-refractivity contribution in [3.8, 4) is 5.75 Å². The Labute approximate surface area is 138 Å². The number of nitrogen functional groups attached to an aromatic ring is 1. The second kappa shape index (κ2) is 4.36. The lowest BCUT2D eigenvalue weighted by molar-refractivity contribution is -0.175. The maximum Gasteiger partial charge on any atom is 0.271 e. The molecule has 0 saturated carbocycles. The number of rotatable bonds is 1. The van der Waals surface area contributed by atoms with Gasteiger partial charge in [0.1, 0.15) is 5.75 Å². The number of hydrogen-bond acceptors (Lipinski definition) is 5. The molecule has 6 nitrogen and oxygen atoms in total. The van der Waals surface area contributed by atoms with Crippen LogP contribution in [0, 0.1) is 6.92 Å². The monoisotopic (exact) mass is 324 g/mol. The smallest absolute Gasteiger partial charge is 0.271 e. The van der Waals surface area contributed by atoms with E-state index in [2.05, 4.69) is 5.32 Å². The van der Waals surface area contributed by atoms with E-state index in [1.807, 2.05) is 6.92 Å². The molecule has 2 aromatic carbocycles. The lowest BCUT2D eigenvalue weighted by Gasteiger charge is -2.34. The number of benzene rings is 2. The third-order valence-corrected chi connectivity index (χ3v) is 4.70. The van der Waals surface area contributed by atoms with Gasteiger partial charge in [0.15, 0.2) is 0 Å². The first-order chi connectivity index (χ1) is 11.3. The van der Waals surface area contributed by atoms with Gasteiger partial charge < -0.3 is 20.9 Å². The van der Waals surface area contributed by atoms with E-state index in [-0.39, 0.29) is 16.8 Å². The molecule has 122 valence electrons. The average molecular weight is 324 g/mol. The molecule has 0 bridgehead atoms. The molecular formula is C18H16N2O4. The molecule has 2 aromatic rings. The Kier molecular flexibility index (Phi) is 2.67. The molecule has 6 heteroatoms. The summed E-state index contributed by atoms with van der Waals surface area (Å²) in [6.07, 6.45) is 0. The first-order valence-electron chi connectivity index (χ1n) is 7.56. The van der Waals surface area contributed by atoms with Crippen LogP contribution in [0.5, 0.6) is 5.75 Å². The molecule has 2 atom stereocenters. The molecular weight excluding hydrogens is 308 g/mol. The summed E-state index contributed by atoms with van der Waals surface area (Å²) in [6, 6.07) is 10.0. The SMILES string of the molecule is CC(=O)NC12C(=O)c3c(N)cccc3[C@@]1(O)Oc1cc(C)ccc12. The first kappa shape index (κ1) is 14.7. The normalized spacial score (nSPS) is 26.4. The van der Waals surface area contributed by atoms with Crippen molar-refractivity contribution in [3.63, 3.8) is 0 Å². The van der Waals surface area contributed by atoms with Gasteiger partial charge in [-0.3, -0.25) is 9.59 Å². The van der Waals surface area contributed by atoms with Gasteiger partial charge in [-0.05, 0) is 24.6 Å². The topological polar surface area (TPSA) is 102 Å². The number of fused-ring (bicyclic) bond motifs is 5. The van der Waals surface area contributed by atoms with E-state index >= 15 is 0 Å². The summed E-state index contributed by atoms with van der Waals surface area (Å²) in [5.74, 6) is -2.59. The summed E-state index contributed by atoms with van der Waals surface area (Å²) in [6.45, 7) is 3.17. The summed E-state index contributed by atoms with van der Waals surface area (Å²) < 4.78 is 5.82. The summed E-state index contributed by atoms with van der Waals surface area (Å²) >= 11 is 0. The van der Waals surface area contributed by atoms with Crippen LogP contribution in [0.4, 0.5) is 5.69 Å². The van der Waals surface area contributed by atoms with Crippen molar-refractivity contribution in [3.05, 3.63) is 58.7 Å². The van der Waals surface area contributed by atoms with Crippen LogP contribution in [0.1, 0.15) is 34.0 Å². The molecule has 1 unspecified atom stereocenters. The number of nitrogens with two attached hydrogens (primary N) is 1. The van der Waals surface area contributed by atoms with Gasteiger partial charge in [-0.1, -0.05) is 24.3 Å². The number of Topliss-reactive ketones (excluding diaryl/α,β-unsaturated/α-hetero) is 1. The summed E-state index contributed by atoms with van der Waals surface area (Å²) in [5.41, 5.74) is 6.23. The molecule has 0 aromatic heterocycles. The molecule has 0 saturated heterocycles. The highest BCUT2D eigenvalue weighted by Crippen LogP contribution is 2.58. The molecule has 4 rings (SSSR count). The van der Waals surface area contributed by atoms with E-state index in [1.54, 1.807) is 36.4 Å². The van der Waals surface area contributed by atoms with Crippen LogP contribution in [0.3, 0.4) is 0 Å². The zero-order chi connectivity index (χ0) is 17.3. The van der Waals surface area contributed by atoms with Crippen molar-refractivity contribution < 1.29 is 19.4 Å². The molecule has 0 fully saturated rings. The van der Waals surface area contributed by atoms with Gasteiger partial charge in [-0.2, -0.15) is 0 Å². The van der Waals surface area contributed by atoms with E-state index in [1.165, 1.54) is 6.92 Å². The molecule has 1 aliphatic carbocycles. The Balaban J connectivity index is 2.08. The summed E-state index contributed by atoms with van der Waals surface area (Å²) in [4.78, 5) is 25.2. The van der Waals surface area contributed by atoms with E-state index in [0.717, 1.165) is 5.56 Å². The zero-order valence-corrected chi connectivity index (χ0v) is 13.2. The first-order valence-corrected chi connectivity index (χ1v) is 7.56. The van der Waals surface area contributed by atoms with Gasteiger partial charge in [0, 0.05) is 23.7 Å². The number of amides is 1. The van der Waals surface area contributed by atoms with E-state index in [0.29, 0.717) is 11.3 Å². The zero-order valence-electron chi connectivity index (χ0n) is 13.2. The van der Waals surface area contributed by atoms with E-state index in [9.17, 15) is 14.7 Å². The highest BCUT2D eigenvalue weighted by molar-refractivity contribution is 6.15. The molecule has 24 heavy (non-hydrogen) atoms. The molecule has 1 aliphatic heterocycles. The van der Waals surface area contributed by atoms with Crippen molar-refractivity contribution in [2.45, 2.75) is 25.2 Å². The van der Waals surface area contributed by atoms with Gasteiger partial charge in [0.2, 0.25) is 17.2 Å². The minimum atomic E-state index is -2.03. The van der Waals surface area contributed by atoms with Crippen LogP contribution in [0.15, 0.2) is 36.4 Å². The van der Waals surface area contributed by atoms with Gasteiger partial charge in [0.25, 0.3) is 5.79 Å². The van der Waals surface area contributed by atoms with Crippen molar-refractivity contribution >= 4 is 17.4 Å². The second-order valence-electron chi connectivity index (χ2n) is 6.28. The number of hydrogen-bond donors (Lipinski definition) is 3. The minimum Gasteiger partial charge on any atom is -0.454 e. The van der Waals surface area contributed by atoms with Crippen LogP contribution in [0.2, 0.25) is 0 Å². The number of carbonyl (C=O) groups is 2.